The maximum absolute atomic E-state index is 13.3. The Hall–Kier alpha value is -3.19. The van der Waals surface area contributed by atoms with Crippen LogP contribution in [0.2, 0.25) is 0 Å². The summed E-state index contributed by atoms with van der Waals surface area (Å²) in [5.74, 6) is -0.748. The van der Waals surface area contributed by atoms with Gasteiger partial charge in [0.2, 0.25) is 0 Å². The molecule has 0 unspecified atom stereocenters. The number of imidazole rings is 1. The van der Waals surface area contributed by atoms with Crippen LogP contribution in [0.3, 0.4) is 0 Å². The van der Waals surface area contributed by atoms with Crippen molar-refractivity contribution in [3.63, 3.8) is 0 Å². The predicted octanol–water partition coefficient (Wildman–Crippen LogP) is 3.89. The first-order valence-corrected chi connectivity index (χ1v) is 9.46. The van der Waals surface area contributed by atoms with Gasteiger partial charge in [-0.05, 0) is 48.2 Å². The van der Waals surface area contributed by atoms with Crippen LogP contribution in [0.4, 0.5) is 5.69 Å². The van der Waals surface area contributed by atoms with Gasteiger partial charge in [-0.25, -0.2) is 9.69 Å². The van der Waals surface area contributed by atoms with Gasteiger partial charge in [0.15, 0.2) is 0 Å². The minimum Gasteiger partial charge on any atom is -0.305 e. The fourth-order valence-electron chi connectivity index (χ4n) is 3.90. The van der Waals surface area contributed by atoms with E-state index in [1.54, 1.807) is 31.3 Å². The van der Waals surface area contributed by atoms with Gasteiger partial charge in [-0.15, -0.1) is 0 Å². The third-order valence-electron chi connectivity index (χ3n) is 5.27. The molecule has 28 heavy (non-hydrogen) atoms. The number of benzene rings is 3. The minimum atomic E-state index is -0.379. The van der Waals surface area contributed by atoms with Crippen molar-refractivity contribution in [1.29, 1.82) is 0 Å². The highest BCUT2D eigenvalue weighted by atomic mass is 79.9. The number of nitrogens with one attached hydrogen (secondary N) is 1. The highest BCUT2D eigenvalue weighted by Gasteiger charge is 2.35. The van der Waals surface area contributed by atoms with Gasteiger partial charge in [0, 0.05) is 22.5 Å². The SMILES string of the molecule is Cc1cc2c(cc1N1C(=O)c3cccc4cc(Br)cc(c34)C1=O)[nH]c(=O)n2C. The average molecular weight is 436 g/mol. The summed E-state index contributed by atoms with van der Waals surface area (Å²) in [4.78, 5) is 42.5. The number of halogens is 1. The molecule has 0 bridgehead atoms. The summed E-state index contributed by atoms with van der Waals surface area (Å²) in [5, 5.41) is 1.51. The van der Waals surface area contributed by atoms with Gasteiger partial charge in [0.1, 0.15) is 0 Å². The lowest BCUT2D eigenvalue weighted by atomic mass is 9.93. The van der Waals surface area contributed by atoms with Crippen LogP contribution in [0.5, 0.6) is 0 Å². The Kier molecular flexibility index (Phi) is 3.42. The fourth-order valence-corrected chi connectivity index (χ4v) is 4.37. The molecule has 0 aliphatic carbocycles. The molecule has 0 spiro atoms. The standard InChI is InChI=1S/C21H14BrN3O3/c1-10-6-17-15(23-21(28)24(17)2)9-16(10)25-19(26)13-5-3-4-11-7-12(22)8-14(18(11)13)20(25)27/h3-9H,1-2H3,(H,23,28). The lowest BCUT2D eigenvalue weighted by molar-refractivity contribution is 0.0893. The molecule has 7 heteroatoms. The van der Waals surface area contributed by atoms with Crippen LogP contribution in [0.1, 0.15) is 26.3 Å². The van der Waals surface area contributed by atoms with E-state index in [9.17, 15) is 14.4 Å². The van der Waals surface area contributed by atoms with E-state index in [4.69, 9.17) is 0 Å². The molecule has 1 N–H and O–H groups in total. The number of hydrogen-bond acceptors (Lipinski definition) is 3. The van der Waals surface area contributed by atoms with Crippen molar-refractivity contribution in [2.45, 2.75) is 6.92 Å². The molecule has 0 saturated carbocycles. The van der Waals surface area contributed by atoms with Gasteiger partial charge < -0.3 is 4.98 Å². The van der Waals surface area contributed by atoms with Crippen LogP contribution in [0.15, 0.2) is 51.7 Å². The van der Waals surface area contributed by atoms with E-state index in [1.807, 2.05) is 25.1 Å². The molecule has 3 aromatic carbocycles. The van der Waals surface area contributed by atoms with E-state index < -0.39 is 0 Å². The first kappa shape index (κ1) is 16.9. The monoisotopic (exact) mass is 435 g/mol. The number of amides is 2. The van der Waals surface area contributed by atoms with E-state index in [0.717, 1.165) is 15.4 Å². The molecular formula is C21H14BrN3O3. The van der Waals surface area contributed by atoms with Gasteiger partial charge in [0.05, 0.1) is 22.3 Å². The van der Waals surface area contributed by atoms with Crippen LogP contribution in [0.25, 0.3) is 21.8 Å². The third kappa shape index (κ3) is 2.16. The number of carbonyl (C=O) groups is 2. The van der Waals surface area contributed by atoms with Crippen LogP contribution >= 0.6 is 15.9 Å². The Bertz CT molecular complexity index is 1410. The quantitative estimate of drug-likeness (QED) is 0.460. The molecule has 0 fully saturated rings. The number of hydrogen-bond donors (Lipinski definition) is 1. The van der Waals surface area contributed by atoms with Gasteiger partial charge in [-0.2, -0.15) is 0 Å². The Morgan fingerprint density at radius 3 is 2.50 bits per heavy atom. The molecule has 0 atom stereocenters. The van der Waals surface area contributed by atoms with E-state index >= 15 is 0 Å². The van der Waals surface area contributed by atoms with Crippen molar-refractivity contribution >= 4 is 55.2 Å². The van der Waals surface area contributed by atoms with E-state index in [-0.39, 0.29) is 17.5 Å². The molecule has 138 valence electrons. The van der Waals surface area contributed by atoms with Crippen molar-refractivity contribution in [1.82, 2.24) is 9.55 Å². The van der Waals surface area contributed by atoms with Crippen molar-refractivity contribution in [3.05, 3.63) is 74.1 Å². The number of aromatic amines is 1. The highest BCUT2D eigenvalue weighted by molar-refractivity contribution is 9.10. The number of anilines is 1. The fraction of sp³-hybridized carbons (Fsp3) is 0.0952. The zero-order chi connectivity index (χ0) is 19.7. The highest BCUT2D eigenvalue weighted by Crippen LogP contribution is 2.36. The average Bonchev–Trinajstić information content (AvgIpc) is 2.93. The Labute approximate surface area is 167 Å². The number of rotatable bonds is 1. The number of aromatic nitrogens is 2. The molecule has 5 rings (SSSR count). The van der Waals surface area contributed by atoms with Crippen LogP contribution in [-0.2, 0) is 7.05 Å². The Morgan fingerprint density at radius 1 is 0.964 bits per heavy atom. The molecule has 0 radical (unpaired) electrons. The summed E-state index contributed by atoms with van der Waals surface area (Å²) in [6.07, 6.45) is 0. The lowest BCUT2D eigenvalue weighted by Crippen LogP contribution is -2.40. The molecule has 0 saturated heterocycles. The summed E-state index contributed by atoms with van der Waals surface area (Å²) in [6, 6.07) is 12.6. The molecule has 4 aromatic rings. The van der Waals surface area contributed by atoms with Crippen molar-refractivity contribution < 1.29 is 9.59 Å². The van der Waals surface area contributed by atoms with E-state index in [0.29, 0.717) is 33.2 Å². The van der Waals surface area contributed by atoms with Crippen LogP contribution in [0, 0.1) is 6.92 Å². The van der Waals surface area contributed by atoms with Gasteiger partial charge >= 0.3 is 5.69 Å². The maximum atomic E-state index is 13.3. The number of aryl methyl sites for hydroxylation is 2. The smallest absolute Gasteiger partial charge is 0.305 e. The predicted molar refractivity (Wildman–Crippen MR) is 111 cm³/mol. The largest absolute Gasteiger partial charge is 0.326 e. The zero-order valence-corrected chi connectivity index (χ0v) is 16.6. The molecule has 1 aliphatic heterocycles. The minimum absolute atomic E-state index is 0.248. The third-order valence-corrected chi connectivity index (χ3v) is 5.73. The van der Waals surface area contributed by atoms with Crippen LogP contribution < -0.4 is 10.6 Å². The second kappa shape index (κ2) is 5.65. The normalized spacial score (nSPS) is 13.8. The summed E-state index contributed by atoms with van der Waals surface area (Å²) in [7, 11) is 1.67. The number of carbonyl (C=O) groups excluding carboxylic acids is 2. The Morgan fingerprint density at radius 2 is 1.71 bits per heavy atom. The van der Waals surface area contributed by atoms with Crippen molar-refractivity contribution in [2.24, 2.45) is 7.05 Å². The second-order valence-corrected chi connectivity index (χ2v) is 7.86. The lowest BCUT2D eigenvalue weighted by Gasteiger charge is -2.28. The van der Waals surface area contributed by atoms with E-state index in [1.165, 1.54) is 9.47 Å². The summed E-state index contributed by atoms with van der Waals surface area (Å²) in [6.45, 7) is 1.82. The number of fused-ring (bicyclic) bond motifs is 1. The molecule has 6 nitrogen and oxygen atoms in total. The summed E-state index contributed by atoms with van der Waals surface area (Å²) >= 11 is 3.45. The number of imide groups is 1. The molecule has 2 amide bonds. The molecule has 1 aliphatic rings. The van der Waals surface area contributed by atoms with E-state index in [2.05, 4.69) is 20.9 Å². The van der Waals surface area contributed by atoms with Gasteiger partial charge in [0.25, 0.3) is 11.8 Å². The van der Waals surface area contributed by atoms with Gasteiger partial charge in [-0.3, -0.25) is 14.2 Å². The number of H-pyrrole nitrogens is 1. The van der Waals surface area contributed by atoms with Crippen molar-refractivity contribution in [3.8, 4) is 0 Å². The van der Waals surface area contributed by atoms with Crippen molar-refractivity contribution in [2.75, 3.05) is 4.90 Å². The summed E-state index contributed by atoms with van der Waals surface area (Å²) in [5.41, 5.74) is 3.20. The Balaban J connectivity index is 1.79. The molecule has 1 aromatic heterocycles. The molecular weight excluding hydrogens is 422 g/mol. The maximum Gasteiger partial charge on any atom is 0.326 e. The summed E-state index contributed by atoms with van der Waals surface area (Å²) < 4.78 is 2.27. The zero-order valence-electron chi connectivity index (χ0n) is 15.0. The first-order valence-electron chi connectivity index (χ1n) is 8.67. The van der Waals surface area contributed by atoms with Crippen LogP contribution in [-0.4, -0.2) is 21.4 Å². The number of nitrogens with zero attached hydrogens (tertiary/aromatic N) is 2. The molecule has 2 heterocycles. The first-order chi connectivity index (χ1) is 13.4. The van der Waals surface area contributed by atoms with Gasteiger partial charge in [-0.1, -0.05) is 28.1 Å². The topological polar surface area (TPSA) is 75.2 Å². The second-order valence-electron chi connectivity index (χ2n) is 6.95.